The highest BCUT2D eigenvalue weighted by atomic mass is 16.3. The van der Waals surface area contributed by atoms with Crippen LogP contribution >= 0.6 is 0 Å². The minimum absolute atomic E-state index is 0.0123. The summed E-state index contributed by atoms with van der Waals surface area (Å²) < 4.78 is 0. The number of hydrogen-bond donors (Lipinski definition) is 3. The topological polar surface area (TPSA) is 77.8 Å². The van der Waals surface area contributed by atoms with Gasteiger partial charge in [-0.2, -0.15) is 0 Å². The molecule has 0 saturated carbocycles. The molecule has 1 rings (SSSR count). The van der Waals surface area contributed by atoms with Crippen molar-refractivity contribution in [3.05, 3.63) is 17.2 Å². The number of rotatable bonds is 9. The first-order valence-corrected chi connectivity index (χ1v) is 7.33. The van der Waals surface area contributed by atoms with E-state index in [-0.39, 0.29) is 11.3 Å². The lowest BCUT2D eigenvalue weighted by atomic mass is 10.0. The fourth-order valence-electron chi connectivity index (χ4n) is 2.28. The lowest BCUT2D eigenvalue weighted by Crippen LogP contribution is -1.92. The maximum absolute atomic E-state index is 10.8. The van der Waals surface area contributed by atoms with E-state index in [1.807, 2.05) is 0 Å². The van der Waals surface area contributed by atoms with Gasteiger partial charge in [0.1, 0.15) is 0 Å². The molecule has 0 aromatic heterocycles. The summed E-state index contributed by atoms with van der Waals surface area (Å²) in [5.41, 5.74) is 0.522. The molecule has 0 unspecified atom stereocenters. The van der Waals surface area contributed by atoms with Crippen molar-refractivity contribution in [2.24, 2.45) is 0 Å². The first-order valence-electron chi connectivity index (χ1n) is 7.33. The molecule has 20 heavy (non-hydrogen) atoms. The van der Waals surface area contributed by atoms with Gasteiger partial charge in [-0.1, -0.05) is 45.4 Å². The van der Waals surface area contributed by atoms with Crippen molar-refractivity contribution in [1.29, 1.82) is 0 Å². The molecular weight excluding hydrogens is 256 g/mol. The molecule has 4 heteroatoms. The van der Waals surface area contributed by atoms with Gasteiger partial charge < -0.3 is 15.3 Å². The van der Waals surface area contributed by atoms with E-state index in [1.54, 1.807) is 0 Å². The molecule has 0 aliphatic heterocycles. The minimum atomic E-state index is -0.604. The maximum atomic E-state index is 10.8. The molecule has 1 aromatic carbocycles. The quantitative estimate of drug-likeness (QED) is 0.364. The molecule has 0 spiro atoms. The van der Waals surface area contributed by atoms with Crippen LogP contribution in [0.1, 0.15) is 67.8 Å². The van der Waals surface area contributed by atoms with Crippen LogP contribution in [0.15, 0.2) is 6.07 Å². The number of aryl methyl sites for hydroxylation is 1. The van der Waals surface area contributed by atoms with Crippen LogP contribution < -0.4 is 0 Å². The third-order valence-corrected chi connectivity index (χ3v) is 3.53. The second kappa shape index (κ2) is 8.46. The Morgan fingerprint density at radius 3 is 2.10 bits per heavy atom. The smallest absolute Gasteiger partial charge is 0.201 e. The zero-order valence-electron chi connectivity index (χ0n) is 12.1. The molecule has 0 aliphatic rings. The molecular formula is C16H24O4. The Balaban J connectivity index is 2.48. The fraction of sp³-hybridized carbons (Fsp3) is 0.562. The number of unbranched alkanes of at least 4 members (excludes halogenated alkanes) is 6. The monoisotopic (exact) mass is 280 g/mol. The van der Waals surface area contributed by atoms with Gasteiger partial charge in [-0.3, -0.25) is 4.79 Å². The van der Waals surface area contributed by atoms with Crippen molar-refractivity contribution >= 4 is 6.29 Å². The third kappa shape index (κ3) is 4.44. The van der Waals surface area contributed by atoms with Gasteiger partial charge in [0.15, 0.2) is 17.8 Å². The number of benzene rings is 1. The Labute approximate surface area is 120 Å². The number of phenolic OH excluding ortho intramolecular Hbond substituents is 3. The van der Waals surface area contributed by atoms with Crippen LogP contribution in [0.4, 0.5) is 0 Å². The Bertz CT molecular complexity index is 441. The molecule has 0 saturated heterocycles. The Morgan fingerprint density at radius 1 is 0.900 bits per heavy atom. The Hall–Kier alpha value is -1.71. The van der Waals surface area contributed by atoms with E-state index in [2.05, 4.69) is 6.92 Å². The van der Waals surface area contributed by atoms with Crippen LogP contribution in [0.5, 0.6) is 17.2 Å². The highest BCUT2D eigenvalue weighted by Gasteiger charge is 2.15. The SMILES string of the molecule is CCCCCCCCCc1cc(C=O)c(O)c(O)c1O. The average Bonchev–Trinajstić information content (AvgIpc) is 2.46. The molecule has 0 atom stereocenters. The Kier molecular flexibility index (Phi) is 6.91. The second-order valence-electron chi connectivity index (χ2n) is 5.16. The summed E-state index contributed by atoms with van der Waals surface area (Å²) >= 11 is 0. The summed E-state index contributed by atoms with van der Waals surface area (Å²) in [6, 6.07) is 1.44. The molecule has 0 radical (unpaired) electrons. The van der Waals surface area contributed by atoms with Crippen LogP contribution in [0.25, 0.3) is 0 Å². The van der Waals surface area contributed by atoms with Crippen LogP contribution in [0.3, 0.4) is 0 Å². The van der Waals surface area contributed by atoms with Gasteiger partial charge in [-0.15, -0.1) is 0 Å². The molecule has 3 N–H and O–H groups in total. The molecule has 4 nitrogen and oxygen atoms in total. The summed E-state index contributed by atoms with van der Waals surface area (Å²) in [7, 11) is 0. The molecule has 0 amide bonds. The molecule has 0 bridgehead atoms. The number of aldehydes is 1. The van der Waals surface area contributed by atoms with Gasteiger partial charge in [0, 0.05) is 0 Å². The molecule has 1 aromatic rings. The van der Waals surface area contributed by atoms with E-state index < -0.39 is 11.5 Å². The fourth-order valence-corrected chi connectivity index (χ4v) is 2.28. The lowest BCUT2D eigenvalue weighted by molar-refractivity contribution is 0.112. The molecule has 0 aliphatic carbocycles. The van der Waals surface area contributed by atoms with Crippen LogP contribution in [-0.2, 0) is 6.42 Å². The van der Waals surface area contributed by atoms with E-state index in [0.717, 1.165) is 19.3 Å². The van der Waals surface area contributed by atoms with Gasteiger partial charge >= 0.3 is 0 Å². The maximum Gasteiger partial charge on any atom is 0.201 e. The molecule has 0 fully saturated rings. The summed E-state index contributed by atoms with van der Waals surface area (Å²) in [6.45, 7) is 2.19. The first kappa shape index (κ1) is 16.3. The number of aromatic hydroxyl groups is 3. The minimum Gasteiger partial charge on any atom is -0.504 e. The van der Waals surface area contributed by atoms with Crippen molar-refractivity contribution in [3.8, 4) is 17.2 Å². The van der Waals surface area contributed by atoms with Crippen molar-refractivity contribution in [1.82, 2.24) is 0 Å². The van der Waals surface area contributed by atoms with Gasteiger partial charge in [-0.25, -0.2) is 0 Å². The lowest BCUT2D eigenvalue weighted by Gasteiger charge is -2.09. The number of hydrogen-bond acceptors (Lipinski definition) is 4. The summed E-state index contributed by atoms with van der Waals surface area (Å²) in [5.74, 6) is -1.48. The van der Waals surface area contributed by atoms with Crippen molar-refractivity contribution in [2.45, 2.75) is 58.3 Å². The van der Waals surface area contributed by atoms with Crippen molar-refractivity contribution < 1.29 is 20.1 Å². The summed E-state index contributed by atoms with van der Waals surface area (Å²) in [6.07, 6.45) is 9.16. The number of carbonyl (C=O) groups is 1. The second-order valence-corrected chi connectivity index (χ2v) is 5.16. The average molecular weight is 280 g/mol. The molecule has 112 valence electrons. The van der Waals surface area contributed by atoms with Gasteiger partial charge in [0.25, 0.3) is 0 Å². The van der Waals surface area contributed by atoms with E-state index in [1.165, 1.54) is 31.7 Å². The van der Waals surface area contributed by atoms with Crippen LogP contribution in [0.2, 0.25) is 0 Å². The van der Waals surface area contributed by atoms with Crippen molar-refractivity contribution in [3.63, 3.8) is 0 Å². The van der Waals surface area contributed by atoms with Crippen molar-refractivity contribution in [2.75, 3.05) is 0 Å². The van der Waals surface area contributed by atoms with E-state index in [0.29, 0.717) is 18.3 Å². The number of carbonyl (C=O) groups excluding carboxylic acids is 1. The zero-order valence-corrected chi connectivity index (χ0v) is 12.1. The van der Waals surface area contributed by atoms with Crippen LogP contribution in [0, 0.1) is 0 Å². The Morgan fingerprint density at radius 2 is 1.50 bits per heavy atom. The van der Waals surface area contributed by atoms with E-state index >= 15 is 0 Å². The third-order valence-electron chi connectivity index (χ3n) is 3.53. The van der Waals surface area contributed by atoms with E-state index in [9.17, 15) is 20.1 Å². The first-order chi connectivity index (χ1) is 9.61. The normalized spacial score (nSPS) is 10.7. The predicted molar refractivity (Wildman–Crippen MR) is 78.5 cm³/mol. The standard InChI is InChI=1S/C16H24O4/c1-2-3-4-5-6-7-8-9-12-10-13(11-17)15(19)16(20)14(12)18/h10-11,18-20H,2-9H2,1H3. The highest BCUT2D eigenvalue weighted by Crippen LogP contribution is 2.40. The van der Waals surface area contributed by atoms with Gasteiger partial charge in [0.05, 0.1) is 5.56 Å². The largest absolute Gasteiger partial charge is 0.504 e. The number of phenols is 3. The predicted octanol–water partition coefficient (Wildman–Crippen LogP) is 3.91. The zero-order chi connectivity index (χ0) is 15.0. The van der Waals surface area contributed by atoms with Gasteiger partial charge in [-0.05, 0) is 24.5 Å². The summed E-state index contributed by atoms with van der Waals surface area (Å²) in [5, 5.41) is 28.7. The van der Waals surface area contributed by atoms with Crippen LogP contribution in [-0.4, -0.2) is 21.6 Å². The highest BCUT2D eigenvalue weighted by molar-refractivity contribution is 5.82. The van der Waals surface area contributed by atoms with E-state index in [4.69, 9.17) is 0 Å². The molecule has 0 heterocycles. The van der Waals surface area contributed by atoms with Gasteiger partial charge in [0.2, 0.25) is 5.75 Å². The summed E-state index contributed by atoms with van der Waals surface area (Å²) in [4.78, 5) is 10.8.